The Labute approximate surface area is 201 Å². The summed E-state index contributed by atoms with van der Waals surface area (Å²) in [5.74, 6) is 0.666. The number of nitrogens with zero attached hydrogens (tertiary/aromatic N) is 4. The van der Waals surface area contributed by atoms with Crippen LogP contribution in [0.15, 0.2) is 52.2 Å². The molecule has 0 atom stereocenters. The number of anilines is 1. The number of hydrogen-bond acceptors (Lipinski definition) is 5. The van der Waals surface area contributed by atoms with Crippen molar-refractivity contribution >= 4 is 15.8 Å². The Kier molecular flexibility index (Phi) is 6.64. The molecule has 1 aliphatic heterocycles. The Morgan fingerprint density at radius 3 is 2.15 bits per heavy atom. The number of hydrogen-bond donors (Lipinski definition) is 0. The van der Waals surface area contributed by atoms with Crippen LogP contribution in [0.5, 0.6) is 0 Å². The van der Waals surface area contributed by atoms with Crippen molar-refractivity contribution in [2.75, 3.05) is 31.1 Å². The van der Waals surface area contributed by atoms with Crippen LogP contribution in [0, 0.1) is 34.6 Å². The van der Waals surface area contributed by atoms with Crippen molar-refractivity contribution in [2.24, 2.45) is 0 Å². The lowest BCUT2D eigenvalue weighted by Gasteiger charge is -2.24. The second-order valence-corrected chi connectivity index (χ2v) is 11.1. The Morgan fingerprint density at radius 2 is 1.47 bits per heavy atom. The molecule has 34 heavy (non-hydrogen) atoms. The standard InChI is InChI=1S/C26H32N4O3S/c1-18-15-21(4)26(22(5)16-18)34(32,33)29-12-6-11-28(13-14-29)24-9-10-25(31)30(27-24)23-8-7-19(2)20(3)17-23/h7-10,15-17H,6,11-14H2,1-5H3. The van der Waals surface area contributed by atoms with Crippen LogP contribution in [0.3, 0.4) is 0 Å². The van der Waals surface area contributed by atoms with E-state index in [1.807, 2.05) is 65.0 Å². The van der Waals surface area contributed by atoms with Gasteiger partial charge < -0.3 is 4.90 Å². The SMILES string of the molecule is Cc1cc(C)c(S(=O)(=O)N2CCCN(c3ccc(=O)n(-c4ccc(C)c(C)c4)n3)CC2)c(C)c1. The summed E-state index contributed by atoms with van der Waals surface area (Å²) in [5, 5.41) is 4.62. The third kappa shape index (κ3) is 4.65. The summed E-state index contributed by atoms with van der Waals surface area (Å²) in [6.45, 7) is 11.7. The maximum atomic E-state index is 13.5. The maximum absolute atomic E-state index is 13.5. The maximum Gasteiger partial charge on any atom is 0.271 e. The Balaban J connectivity index is 1.60. The fraction of sp³-hybridized carbons (Fsp3) is 0.385. The van der Waals surface area contributed by atoms with Gasteiger partial charge in [0, 0.05) is 32.2 Å². The van der Waals surface area contributed by atoms with E-state index < -0.39 is 10.0 Å². The summed E-state index contributed by atoms with van der Waals surface area (Å²) in [7, 11) is -3.60. The molecule has 0 radical (unpaired) electrons. The predicted octanol–water partition coefficient (Wildman–Crippen LogP) is 3.68. The monoisotopic (exact) mass is 480 g/mol. The number of aromatic nitrogens is 2. The molecule has 0 spiro atoms. The van der Waals surface area contributed by atoms with Gasteiger partial charge in [-0.05, 0) is 81.5 Å². The fourth-order valence-corrected chi connectivity index (χ4v) is 6.56. The Bertz CT molecular complexity index is 1370. The summed E-state index contributed by atoms with van der Waals surface area (Å²) < 4.78 is 30.0. The third-order valence-electron chi connectivity index (χ3n) is 6.50. The van der Waals surface area contributed by atoms with Crippen molar-refractivity contribution < 1.29 is 8.42 Å². The number of aryl methyl sites for hydroxylation is 5. The normalized spacial score (nSPS) is 15.4. The average Bonchev–Trinajstić information content (AvgIpc) is 3.02. The van der Waals surface area contributed by atoms with Gasteiger partial charge >= 0.3 is 0 Å². The average molecular weight is 481 g/mol. The lowest BCUT2D eigenvalue weighted by atomic mass is 10.1. The van der Waals surface area contributed by atoms with E-state index in [0.717, 1.165) is 33.5 Å². The first-order valence-electron chi connectivity index (χ1n) is 11.6. The van der Waals surface area contributed by atoms with Gasteiger partial charge in [0.15, 0.2) is 0 Å². The molecule has 0 amide bonds. The summed E-state index contributed by atoms with van der Waals surface area (Å²) in [6, 6.07) is 12.9. The summed E-state index contributed by atoms with van der Waals surface area (Å²) in [6.07, 6.45) is 0.674. The van der Waals surface area contributed by atoms with E-state index in [9.17, 15) is 13.2 Å². The summed E-state index contributed by atoms with van der Waals surface area (Å²) >= 11 is 0. The first-order chi connectivity index (χ1) is 16.1. The fourth-order valence-electron chi connectivity index (χ4n) is 4.68. The van der Waals surface area contributed by atoms with Gasteiger partial charge in [0.25, 0.3) is 5.56 Å². The van der Waals surface area contributed by atoms with Crippen LogP contribution in [0.4, 0.5) is 5.82 Å². The second kappa shape index (κ2) is 9.35. The number of sulfonamides is 1. The van der Waals surface area contributed by atoms with Crippen LogP contribution in [-0.4, -0.2) is 48.7 Å². The molecule has 4 rings (SSSR count). The Morgan fingerprint density at radius 1 is 0.765 bits per heavy atom. The van der Waals surface area contributed by atoms with Crippen LogP contribution < -0.4 is 10.5 Å². The molecular weight excluding hydrogens is 448 g/mol. The molecule has 0 bridgehead atoms. The highest BCUT2D eigenvalue weighted by atomic mass is 32.2. The van der Waals surface area contributed by atoms with Crippen molar-refractivity contribution in [3.05, 3.63) is 80.6 Å². The molecule has 1 aromatic heterocycles. The lowest BCUT2D eigenvalue weighted by molar-refractivity contribution is 0.432. The van der Waals surface area contributed by atoms with Crippen molar-refractivity contribution in [3.8, 4) is 5.69 Å². The molecule has 0 unspecified atom stereocenters. The van der Waals surface area contributed by atoms with E-state index >= 15 is 0 Å². The van der Waals surface area contributed by atoms with Gasteiger partial charge in [0.2, 0.25) is 10.0 Å². The predicted molar refractivity (Wildman–Crippen MR) is 136 cm³/mol. The van der Waals surface area contributed by atoms with E-state index in [1.165, 1.54) is 10.7 Å². The molecule has 0 saturated carbocycles. The zero-order valence-corrected chi connectivity index (χ0v) is 21.3. The lowest BCUT2D eigenvalue weighted by Crippen LogP contribution is -2.36. The molecule has 2 heterocycles. The number of benzene rings is 2. The van der Waals surface area contributed by atoms with E-state index in [-0.39, 0.29) is 5.56 Å². The van der Waals surface area contributed by atoms with Gasteiger partial charge in [0.05, 0.1) is 10.6 Å². The van der Waals surface area contributed by atoms with E-state index in [0.29, 0.717) is 43.3 Å². The number of rotatable bonds is 4. The first kappa shape index (κ1) is 24.2. The van der Waals surface area contributed by atoms with E-state index in [1.54, 1.807) is 10.4 Å². The van der Waals surface area contributed by atoms with Gasteiger partial charge in [-0.1, -0.05) is 23.8 Å². The zero-order valence-electron chi connectivity index (χ0n) is 20.5. The minimum atomic E-state index is -3.60. The molecule has 0 N–H and O–H groups in total. The molecule has 8 heteroatoms. The molecule has 1 aliphatic rings. The Hall–Kier alpha value is -2.97. The van der Waals surface area contributed by atoms with Crippen molar-refractivity contribution in [1.29, 1.82) is 0 Å². The minimum absolute atomic E-state index is 0.198. The molecular formula is C26H32N4O3S. The molecule has 180 valence electrons. The first-order valence-corrected chi connectivity index (χ1v) is 13.0. The molecule has 2 aromatic carbocycles. The zero-order chi connectivity index (χ0) is 24.6. The van der Waals surface area contributed by atoms with Crippen LogP contribution >= 0.6 is 0 Å². The smallest absolute Gasteiger partial charge is 0.271 e. The van der Waals surface area contributed by atoms with Crippen LogP contribution in [0.25, 0.3) is 5.69 Å². The van der Waals surface area contributed by atoms with Gasteiger partial charge in [-0.2, -0.15) is 8.99 Å². The molecule has 1 fully saturated rings. The third-order valence-corrected chi connectivity index (χ3v) is 8.71. The quantitative estimate of drug-likeness (QED) is 0.570. The van der Waals surface area contributed by atoms with E-state index in [4.69, 9.17) is 0 Å². The van der Waals surface area contributed by atoms with Gasteiger partial charge in [-0.15, -0.1) is 5.10 Å². The highest BCUT2D eigenvalue weighted by Crippen LogP contribution is 2.26. The summed E-state index contributed by atoms with van der Waals surface area (Å²) in [5.41, 5.74) is 5.38. The topological polar surface area (TPSA) is 75.5 Å². The van der Waals surface area contributed by atoms with Crippen molar-refractivity contribution in [3.63, 3.8) is 0 Å². The van der Waals surface area contributed by atoms with Gasteiger partial charge in [0.1, 0.15) is 5.82 Å². The molecule has 7 nitrogen and oxygen atoms in total. The molecule has 3 aromatic rings. The minimum Gasteiger partial charge on any atom is -0.354 e. The highest BCUT2D eigenvalue weighted by Gasteiger charge is 2.30. The van der Waals surface area contributed by atoms with Crippen LogP contribution in [0.1, 0.15) is 34.2 Å². The van der Waals surface area contributed by atoms with Gasteiger partial charge in [-0.3, -0.25) is 4.79 Å². The van der Waals surface area contributed by atoms with E-state index in [2.05, 4.69) is 10.00 Å². The van der Waals surface area contributed by atoms with Crippen LogP contribution in [-0.2, 0) is 10.0 Å². The largest absolute Gasteiger partial charge is 0.354 e. The van der Waals surface area contributed by atoms with Crippen molar-refractivity contribution in [1.82, 2.24) is 14.1 Å². The second-order valence-electron chi connectivity index (χ2n) is 9.18. The highest BCUT2D eigenvalue weighted by molar-refractivity contribution is 7.89. The summed E-state index contributed by atoms with van der Waals surface area (Å²) in [4.78, 5) is 15.0. The van der Waals surface area contributed by atoms with Crippen LogP contribution in [0.2, 0.25) is 0 Å². The molecule has 1 saturated heterocycles. The van der Waals surface area contributed by atoms with Gasteiger partial charge in [-0.25, -0.2) is 8.42 Å². The van der Waals surface area contributed by atoms with Crippen molar-refractivity contribution in [2.45, 2.75) is 45.9 Å². The molecule has 0 aliphatic carbocycles.